The second kappa shape index (κ2) is 8.19. The van der Waals surface area contributed by atoms with Gasteiger partial charge in [-0.15, -0.1) is 0 Å². The van der Waals surface area contributed by atoms with Gasteiger partial charge in [-0.2, -0.15) is 0 Å². The summed E-state index contributed by atoms with van der Waals surface area (Å²) < 4.78 is 15.7. The summed E-state index contributed by atoms with van der Waals surface area (Å²) in [6.45, 7) is 4.43. The zero-order valence-electron chi connectivity index (χ0n) is 14.0. The zero-order valence-corrected chi connectivity index (χ0v) is 14.0. The Morgan fingerprint density at radius 3 is 2.67 bits per heavy atom. The van der Waals surface area contributed by atoms with Crippen LogP contribution in [0, 0.1) is 13.8 Å². The number of hydrogen-bond donors (Lipinski definition) is 1. The molecule has 1 N–H and O–H groups in total. The number of carbonyl (C=O) groups is 2. The van der Waals surface area contributed by atoms with Crippen molar-refractivity contribution >= 4 is 11.9 Å². The minimum Gasteiger partial charge on any atom is -0.485 e. The van der Waals surface area contributed by atoms with Gasteiger partial charge < -0.3 is 19.2 Å². The number of esters is 1. The van der Waals surface area contributed by atoms with Crippen LogP contribution in [0.4, 0.5) is 0 Å². The van der Waals surface area contributed by atoms with Crippen LogP contribution in [-0.4, -0.2) is 25.5 Å². The molecule has 2 rings (SSSR count). The molecule has 0 saturated heterocycles. The van der Waals surface area contributed by atoms with Gasteiger partial charge in [0, 0.05) is 6.54 Å². The third-order valence-corrected chi connectivity index (χ3v) is 3.43. The summed E-state index contributed by atoms with van der Waals surface area (Å²) in [5.74, 6) is 0.752. The molecule has 128 valence electrons. The van der Waals surface area contributed by atoms with Crippen molar-refractivity contribution in [3.05, 3.63) is 53.0 Å². The molecule has 0 atom stereocenters. The van der Waals surface area contributed by atoms with Gasteiger partial charge in [-0.25, -0.2) is 0 Å². The fourth-order valence-electron chi connectivity index (χ4n) is 2.15. The highest BCUT2D eigenvalue weighted by Gasteiger charge is 2.12. The predicted octanol–water partition coefficient (Wildman–Crippen LogP) is 2.77. The number of hydrogen-bond acceptors (Lipinski definition) is 5. The first-order valence-electron chi connectivity index (χ1n) is 7.63. The lowest BCUT2D eigenvalue weighted by Gasteiger charge is -2.08. The van der Waals surface area contributed by atoms with Crippen LogP contribution in [0.5, 0.6) is 5.75 Å². The molecule has 0 unspecified atom stereocenters. The molecule has 2 aromatic rings. The van der Waals surface area contributed by atoms with Crippen LogP contribution in [0.1, 0.15) is 33.9 Å². The fraction of sp³-hybridized carbons (Fsp3) is 0.333. The van der Waals surface area contributed by atoms with E-state index < -0.39 is 0 Å². The van der Waals surface area contributed by atoms with Crippen molar-refractivity contribution in [2.24, 2.45) is 0 Å². The number of aryl methyl sites for hydroxylation is 2. The molecular weight excluding hydrogens is 310 g/mol. The van der Waals surface area contributed by atoms with Crippen molar-refractivity contribution < 1.29 is 23.5 Å². The molecule has 6 heteroatoms. The first-order valence-corrected chi connectivity index (χ1v) is 7.63. The number of carbonyl (C=O) groups excluding carboxylic acids is 2. The van der Waals surface area contributed by atoms with Crippen LogP contribution in [0.3, 0.4) is 0 Å². The van der Waals surface area contributed by atoms with E-state index in [1.807, 2.05) is 32.0 Å². The van der Waals surface area contributed by atoms with Crippen LogP contribution < -0.4 is 10.1 Å². The van der Waals surface area contributed by atoms with Gasteiger partial charge in [-0.05, 0) is 37.6 Å². The molecule has 0 bridgehead atoms. The smallest absolute Gasteiger partial charge is 0.307 e. The molecule has 24 heavy (non-hydrogen) atoms. The number of amides is 1. The van der Waals surface area contributed by atoms with Gasteiger partial charge >= 0.3 is 5.97 Å². The standard InChI is InChI=1S/C18H21NO5/c1-12-4-6-15(13(2)10-12)23-11-14-5-7-16(24-14)18(21)19-9-8-17(20)22-3/h4-7,10H,8-9,11H2,1-3H3,(H,19,21). The maximum Gasteiger partial charge on any atom is 0.307 e. The Morgan fingerprint density at radius 1 is 1.17 bits per heavy atom. The molecular formula is C18H21NO5. The van der Waals surface area contributed by atoms with E-state index in [0.717, 1.165) is 11.3 Å². The van der Waals surface area contributed by atoms with Gasteiger partial charge in [0.25, 0.3) is 5.91 Å². The topological polar surface area (TPSA) is 77.8 Å². The van der Waals surface area contributed by atoms with Gasteiger partial charge in [0.1, 0.15) is 18.1 Å². The Bertz CT molecular complexity index is 720. The Balaban J connectivity index is 1.86. The quantitative estimate of drug-likeness (QED) is 0.789. The van der Waals surface area contributed by atoms with Crippen molar-refractivity contribution in [1.82, 2.24) is 5.32 Å². The average molecular weight is 331 g/mol. The van der Waals surface area contributed by atoms with Crippen LogP contribution >= 0.6 is 0 Å². The number of ether oxygens (including phenoxy) is 2. The lowest BCUT2D eigenvalue weighted by atomic mass is 10.1. The third-order valence-electron chi connectivity index (χ3n) is 3.43. The molecule has 1 amide bonds. The van der Waals surface area contributed by atoms with Gasteiger partial charge in [-0.1, -0.05) is 17.7 Å². The van der Waals surface area contributed by atoms with Crippen molar-refractivity contribution in [2.75, 3.05) is 13.7 Å². The number of benzene rings is 1. The molecule has 0 aliphatic rings. The molecule has 0 aliphatic carbocycles. The van der Waals surface area contributed by atoms with Gasteiger partial charge in [0.05, 0.1) is 13.5 Å². The van der Waals surface area contributed by atoms with Gasteiger partial charge in [0.15, 0.2) is 5.76 Å². The molecule has 1 heterocycles. The average Bonchev–Trinajstić information content (AvgIpc) is 3.02. The molecule has 0 spiro atoms. The van der Waals surface area contributed by atoms with Crippen molar-refractivity contribution in [1.29, 1.82) is 0 Å². The SMILES string of the molecule is COC(=O)CCNC(=O)c1ccc(COc2ccc(C)cc2C)o1. The molecule has 6 nitrogen and oxygen atoms in total. The van der Waals surface area contributed by atoms with Crippen molar-refractivity contribution in [2.45, 2.75) is 26.9 Å². The van der Waals surface area contributed by atoms with E-state index >= 15 is 0 Å². The van der Waals surface area contributed by atoms with Gasteiger partial charge in [-0.3, -0.25) is 9.59 Å². The summed E-state index contributed by atoms with van der Waals surface area (Å²) in [7, 11) is 1.30. The second-order valence-corrected chi connectivity index (χ2v) is 5.41. The normalized spacial score (nSPS) is 10.3. The highest BCUT2D eigenvalue weighted by Crippen LogP contribution is 2.20. The van der Waals surface area contributed by atoms with Crippen LogP contribution in [0.15, 0.2) is 34.7 Å². The highest BCUT2D eigenvalue weighted by atomic mass is 16.5. The molecule has 0 aliphatic heterocycles. The molecule has 1 aromatic heterocycles. The molecule has 0 radical (unpaired) electrons. The summed E-state index contributed by atoms with van der Waals surface area (Å²) in [4.78, 5) is 22.9. The Morgan fingerprint density at radius 2 is 1.96 bits per heavy atom. The number of methoxy groups -OCH3 is 1. The van der Waals surface area contributed by atoms with Crippen molar-refractivity contribution in [3.8, 4) is 5.75 Å². The maximum absolute atomic E-state index is 11.9. The van der Waals surface area contributed by atoms with Crippen LogP contribution in [0.25, 0.3) is 0 Å². The Labute approximate surface area is 140 Å². The number of furan rings is 1. The van der Waals surface area contributed by atoms with E-state index in [1.165, 1.54) is 12.7 Å². The third kappa shape index (κ3) is 4.87. The van der Waals surface area contributed by atoms with E-state index in [1.54, 1.807) is 12.1 Å². The predicted molar refractivity (Wildman–Crippen MR) is 87.9 cm³/mol. The van der Waals surface area contributed by atoms with Gasteiger partial charge in [0.2, 0.25) is 0 Å². The summed E-state index contributed by atoms with van der Waals surface area (Å²) in [5, 5.41) is 2.59. The van der Waals surface area contributed by atoms with E-state index in [4.69, 9.17) is 9.15 Å². The summed E-state index contributed by atoms with van der Waals surface area (Å²) >= 11 is 0. The van der Waals surface area contributed by atoms with Crippen LogP contribution in [-0.2, 0) is 16.1 Å². The summed E-state index contributed by atoms with van der Waals surface area (Å²) in [5.41, 5.74) is 2.21. The number of rotatable bonds is 7. The minimum atomic E-state index is -0.378. The van der Waals surface area contributed by atoms with E-state index in [2.05, 4.69) is 10.1 Å². The van der Waals surface area contributed by atoms with Crippen molar-refractivity contribution in [3.63, 3.8) is 0 Å². The largest absolute Gasteiger partial charge is 0.485 e. The molecule has 0 saturated carbocycles. The highest BCUT2D eigenvalue weighted by molar-refractivity contribution is 5.91. The lowest BCUT2D eigenvalue weighted by Crippen LogP contribution is -2.25. The molecule has 0 fully saturated rings. The monoisotopic (exact) mass is 331 g/mol. The second-order valence-electron chi connectivity index (χ2n) is 5.41. The summed E-state index contributed by atoms with van der Waals surface area (Å²) in [6, 6.07) is 9.20. The first-order chi connectivity index (χ1) is 11.5. The Hall–Kier alpha value is -2.76. The molecule has 1 aromatic carbocycles. The van der Waals surface area contributed by atoms with E-state index in [-0.39, 0.29) is 37.2 Å². The minimum absolute atomic E-state index is 0.117. The first kappa shape index (κ1) is 17.6. The van der Waals surface area contributed by atoms with Crippen LogP contribution in [0.2, 0.25) is 0 Å². The maximum atomic E-state index is 11.9. The summed E-state index contributed by atoms with van der Waals surface area (Å²) in [6.07, 6.45) is 0.117. The van der Waals surface area contributed by atoms with E-state index in [0.29, 0.717) is 5.76 Å². The Kier molecular flexibility index (Phi) is 6.01. The zero-order chi connectivity index (χ0) is 17.5. The lowest BCUT2D eigenvalue weighted by molar-refractivity contribution is -0.140. The van der Waals surface area contributed by atoms with E-state index in [9.17, 15) is 9.59 Å². The fourth-order valence-corrected chi connectivity index (χ4v) is 2.15. The number of nitrogens with one attached hydrogen (secondary N) is 1.